The summed E-state index contributed by atoms with van der Waals surface area (Å²) in [6.07, 6.45) is 10.8. The van der Waals surface area contributed by atoms with E-state index in [0.29, 0.717) is 19.3 Å². The Bertz CT molecular complexity index is 461. The van der Waals surface area contributed by atoms with Crippen LogP contribution in [-0.4, -0.2) is 29.1 Å². The number of fused-ring (bicyclic) bond motifs is 1. The summed E-state index contributed by atoms with van der Waals surface area (Å²) in [5.74, 6) is -0.433. The second-order valence-corrected chi connectivity index (χ2v) is 5.42. The molecule has 0 bridgehead atoms. The SMILES string of the molecule is C[C@H]1C/C=C\C=C/[C@@H]2CC(=O)C[C@H]2[C@H](O)/C=C\C(=O)O1. The average Bonchev–Trinajstić information content (AvgIpc) is 2.76. The Kier molecular flexibility index (Phi) is 4.90. The first kappa shape index (κ1) is 14.7. The van der Waals surface area contributed by atoms with Crippen molar-refractivity contribution in [2.45, 2.75) is 38.4 Å². The molecule has 0 unspecified atom stereocenters. The summed E-state index contributed by atoms with van der Waals surface area (Å²) in [5.41, 5.74) is 0. The summed E-state index contributed by atoms with van der Waals surface area (Å²) in [6, 6.07) is 0. The molecule has 1 saturated carbocycles. The molecule has 0 radical (unpaired) electrons. The maximum atomic E-state index is 11.6. The third kappa shape index (κ3) is 3.90. The first-order valence-electron chi connectivity index (χ1n) is 6.98. The van der Waals surface area contributed by atoms with Gasteiger partial charge in [0.1, 0.15) is 11.9 Å². The molecule has 0 spiro atoms. The van der Waals surface area contributed by atoms with E-state index in [1.807, 2.05) is 31.2 Å². The largest absolute Gasteiger partial charge is 0.459 e. The summed E-state index contributed by atoms with van der Waals surface area (Å²) in [5, 5.41) is 10.1. The Morgan fingerprint density at radius 1 is 1.20 bits per heavy atom. The Labute approximate surface area is 118 Å². The molecule has 1 fully saturated rings. The molecule has 4 nitrogen and oxygen atoms in total. The highest BCUT2D eigenvalue weighted by Crippen LogP contribution is 2.33. The van der Waals surface area contributed by atoms with Crippen LogP contribution < -0.4 is 0 Å². The van der Waals surface area contributed by atoms with E-state index < -0.39 is 12.1 Å². The van der Waals surface area contributed by atoms with Crippen LogP contribution >= 0.6 is 0 Å². The molecule has 0 aromatic rings. The van der Waals surface area contributed by atoms with Crippen molar-refractivity contribution in [3.8, 4) is 0 Å². The fourth-order valence-electron chi connectivity index (χ4n) is 2.66. The van der Waals surface area contributed by atoms with Gasteiger partial charge in [0.2, 0.25) is 0 Å². The van der Waals surface area contributed by atoms with Gasteiger partial charge in [-0.2, -0.15) is 0 Å². The summed E-state index contributed by atoms with van der Waals surface area (Å²) < 4.78 is 5.17. The van der Waals surface area contributed by atoms with Crippen LogP contribution in [0.15, 0.2) is 36.5 Å². The van der Waals surface area contributed by atoms with Crippen LogP contribution in [0.2, 0.25) is 0 Å². The van der Waals surface area contributed by atoms with Crippen molar-refractivity contribution in [3.05, 3.63) is 36.5 Å². The molecule has 2 aliphatic rings. The van der Waals surface area contributed by atoms with Crippen LogP contribution in [0.3, 0.4) is 0 Å². The fraction of sp³-hybridized carbons (Fsp3) is 0.500. The predicted molar refractivity (Wildman–Crippen MR) is 74.8 cm³/mol. The number of ketones is 1. The number of ether oxygens (including phenoxy) is 1. The zero-order valence-corrected chi connectivity index (χ0v) is 11.6. The van der Waals surface area contributed by atoms with Crippen LogP contribution in [-0.2, 0) is 14.3 Å². The van der Waals surface area contributed by atoms with E-state index in [0.717, 1.165) is 0 Å². The predicted octanol–water partition coefficient (Wildman–Crippen LogP) is 1.95. The van der Waals surface area contributed by atoms with Gasteiger partial charge >= 0.3 is 5.97 Å². The number of Topliss-reactive ketones (excluding diaryl/α,β-unsaturated/α-hetero) is 1. The molecule has 20 heavy (non-hydrogen) atoms. The van der Waals surface area contributed by atoms with E-state index >= 15 is 0 Å². The molecule has 1 aliphatic heterocycles. The van der Waals surface area contributed by atoms with Gasteiger partial charge in [0.15, 0.2) is 0 Å². The fourth-order valence-corrected chi connectivity index (χ4v) is 2.66. The van der Waals surface area contributed by atoms with E-state index in [1.54, 1.807) is 0 Å². The number of aliphatic hydroxyl groups excluding tert-OH is 1. The molecule has 4 atom stereocenters. The molecular weight excluding hydrogens is 256 g/mol. The van der Waals surface area contributed by atoms with Crippen molar-refractivity contribution in [2.75, 3.05) is 0 Å². The summed E-state index contributed by atoms with van der Waals surface area (Å²) in [7, 11) is 0. The summed E-state index contributed by atoms with van der Waals surface area (Å²) >= 11 is 0. The Morgan fingerprint density at radius 3 is 2.80 bits per heavy atom. The standard InChI is InChI=1S/C16H20O4/c1-11-5-3-2-4-6-12-9-13(17)10-14(12)15(18)7-8-16(19)20-11/h2-4,6-8,11-12,14-15,18H,5,9-10H2,1H3/b3-2-,6-4-,8-7-/t11-,12+,14+,15+/m0/s1. The molecule has 1 aliphatic carbocycles. The number of rotatable bonds is 0. The topological polar surface area (TPSA) is 63.6 Å². The Hall–Kier alpha value is -1.68. The maximum Gasteiger partial charge on any atom is 0.330 e. The lowest BCUT2D eigenvalue weighted by Crippen LogP contribution is -2.21. The van der Waals surface area contributed by atoms with Crippen molar-refractivity contribution < 1.29 is 19.4 Å². The number of esters is 1. The molecule has 108 valence electrons. The Balaban J connectivity index is 2.19. The lowest BCUT2D eigenvalue weighted by atomic mass is 9.90. The van der Waals surface area contributed by atoms with Gasteiger partial charge in [-0.05, 0) is 18.9 Å². The van der Waals surface area contributed by atoms with Gasteiger partial charge in [-0.15, -0.1) is 0 Å². The first-order chi connectivity index (χ1) is 9.56. The molecule has 1 N–H and O–H groups in total. The number of cyclic esters (lactones) is 1. The molecule has 2 rings (SSSR count). The quantitative estimate of drug-likeness (QED) is 0.687. The van der Waals surface area contributed by atoms with Crippen LogP contribution in [0.25, 0.3) is 0 Å². The second-order valence-electron chi connectivity index (χ2n) is 5.42. The van der Waals surface area contributed by atoms with Gasteiger partial charge in [-0.25, -0.2) is 4.79 Å². The number of hydrogen-bond acceptors (Lipinski definition) is 4. The smallest absolute Gasteiger partial charge is 0.330 e. The molecule has 0 amide bonds. The molecular formula is C16H20O4. The van der Waals surface area contributed by atoms with E-state index in [9.17, 15) is 14.7 Å². The minimum Gasteiger partial charge on any atom is -0.459 e. The van der Waals surface area contributed by atoms with Gasteiger partial charge in [0, 0.05) is 31.3 Å². The van der Waals surface area contributed by atoms with Crippen LogP contribution in [0, 0.1) is 11.8 Å². The van der Waals surface area contributed by atoms with E-state index in [-0.39, 0.29) is 23.7 Å². The first-order valence-corrected chi connectivity index (χ1v) is 6.98. The molecule has 4 heteroatoms. The third-order valence-electron chi connectivity index (χ3n) is 3.74. The van der Waals surface area contributed by atoms with Crippen molar-refractivity contribution in [2.24, 2.45) is 11.8 Å². The van der Waals surface area contributed by atoms with E-state index in [2.05, 4.69) is 0 Å². The zero-order valence-electron chi connectivity index (χ0n) is 11.6. The highest BCUT2D eigenvalue weighted by atomic mass is 16.5. The Morgan fingerprint density at radius 2 is 2.00 bits per heavy atom. The van der Waals surface area contributed by atoms with Gasteiger partial charge in [-0.1, -0.05) is 24.3 Å². The number of aliphatic hydroxyl groups is 1. The van der Waals surface area contributed by atoms with E-state index in [4.69, 9.17) is 4.74 Å². The van der Waals surface area contributed by atoms with Crippen molar-refractivity contribution in [3.63, 3.8) is 0 Å². The highest BCUT2D eigenvalue weighted by Gasteiger charge is 2.35. The van der Waals surface area contributed by atoms with Gasteiger partial charge in [0.05, 0.1) is 6.10 Å². The highest BCUT2D eigenvalue weighted by molar-refractivity contribution is 5.83. The zero-order chi connectivity index (χ0) is 14.5. The van der Waals surface area contributed by atoms with Crippen molar-refractivity contribution in [1.82, 2.24) is 0 Å². The van der Waals surface area contributed by atoms with Crippen LogP contribution in [0.1, 0.15) is 26.2 Å². The average molecular weight is 276 g/mol. The number of carbonyl (C=O) groups excluding carboxylic acids is 2. The van der Waals surface area contributed by atoms with Crippen LogP contribution in [0.4, 0.5) is 0 Å². The summed E-state index contributed by atoms with van der Waals surface area (Å²) in [6.45, 7) is 1.82. The second kappa shape index (κ2) is 6.66. The molecule has 0 aromatic heterocycles. The van der Waals surface area contributed by atoms with E-state index in [1.165, 1.54) is 12.2 Å². The molecule has 0 aromatic carbocycles. The monoisotopic (exact) mass is 276 g/mol. The number of carbonyl (C=O) groups is 2. The lowest BCUT2D eigenvalue weighted by Gasteiger charge is -2.19. The maximum absolute atomic E-state index is 11.6. The van der Waals surface area contributed by atoms with Gasteiger partial charge in [0.25, 0.3) is 0 Å². The van der Waals surface area contributed by atoms with Crippen molar-refractivity contribution in [1.29, 1.82) is 0 Å². The normalized spacial score (nSPS) is 39.7. The third-order valence-corrected chi connectivity index (χ3v) is 3.74. The minimum absolute atomic E-state index is 0.0287. The van der Waals surface area contributed by atoms with Crippen LogP contribution in [0.5, 0.6) is 0 Å². The van der Waals surface area contributed by atoms with Gasteiger partial charge < -0.3 is 9.84 Å². The molecule has 1 heterocycles. The number of allylic oxidation sites excluding steroid dienone is 3. The molecule has 0 saturated heterocycles. The lowest BCUT2D eigenvalue weighted by molar-refractivity contribution is -0.142. The number of hydrogen-bond donors (Lipinski definition) is 1. The van der Waals surface area contributed by atoms with Gasteiger partial charge in [-0.3, -0.25) is 4.79 Å². The van der Waals surface area contributed by atoms with Crippen molar-refractivity contribution >= 4 is 11.8 Å². The minimum atomic E-state index is -0.802. The summed E-state index contributed by atoms with van der Waals surface area (Å²) in [4.78, 5) is 23.1.